The van der Waals surface area contributed by atoms with Crippen molar-refractivity contribution < 1.29 is 0 Å². The summed E-state index contributed by atoms with van der Waals surface area (Å²) in [6.45, 7) is 0. The molecule has 5 heteroatoms. The van der Waals surface area contributed by atoms with Crippen LogP contribution in [0.3, 0.4) is 0 Å². The summed E-state index contributed by atoms with van der Waals surface area (Å²) < 4.78 is 0. The van der Waals surface area contributed by atoms with E-state index < -0.39 is 5.69 Å². The van der Waals surface area contributed by atoms with E-state index in [1.54, 1.807) is 12.4 Å². The second-order valence-corrected chi connectivity index (χ2v) is 3.45. The van der Waals surface area contributed by atoms with Gasteiger partial charge >= 0.3 is 5.69 Å². The average Bonchev–Trinajstić information content (AvgIpc) is 2.25. The van der Waals surface area contributed by atoms with Crippen LogP contribution >= 0.6 is 11.6 Å². The predicted octanol–water partition coefficient (Wildman–Crippen LogP) is 1.41. The molecule has 2 rings (SSSR count). The van der Waals surface area contributed by atoms with Crippen LogP contribution in [0.4, 0.5) is 0 Å². The molecule has 0 aromatic carbocycles. The number of nitrogens with zero attached hydrogens (tertiary/aromatic N) is 2. The quantitative estimate of drug-likeness (QED) is 0.834. The number of aromatic nitrogens is 3. The molecule has 0 spiro atoms. The molecule has 76 valence electrons. The second-order valence-electron chi connectivity index (χ2n) is 3.04. The summed E-state index contributed by atoms with van der Waals surface area (Å²) in [6.07, 6.45) is 5.37. The Morgan fingerprint density at radius 2 is 2.33 bits per heavy atom. The topological polar surface area (TPSA) is 58.6 Å². The molecule has 2 heterocycles. The van der Waals surface area contributed by atoms with Gasteiger partial charge in [-0.25, -0.2) is 4.79 Å². The Labute approximate surface area is 91.0 Å². The van der Waals surface area contributed by atoms with E-state index in [2.05, 4.69) is 15.0 Å². The Kier molecular flexibility index (Phi) is 2.78. The van der Waals surface area contributed by atoms with Crippen molar-refractivity contribution in [1.82, 2.24) is 15.0 Å². The molecular formula is C10H8ClN3O. The molecule has 0 saturated heterocycles. The van der Waals surface area contributed by atoms with Crippen molar-refractivity contribution in [3.05, 3.63) is 57.5 Å². The van der Waals surface area contributed by atoms with E-state index in [1.807, 2.05) is 12.1 Å². The largest absolute Gasteiger partial charge is 0.345 e. The maximum absolute atomic E-state index is 11.0. The summed E-state index contributed by atoms with van der Waals surface area (Å²) in [5.74, 6) is 0. The molecule has 2 aromatic rings. The summed E-state index contributed by atoms with van der Waals surface area (Å²) in [6, 6.07) is 3.74. The monoisotopic (exact) mass is 221 g/mol. The van der Waals surface area contributed by atoms with Gasteiger partial charge in [0.25, 0.3) is 0 Å². The van der Waals surface area contributed by atoms with Gasteiger partial charge in [-0.15, -0.1) is 0 Å². The van der Waals surface area contributed by atoms with E-state index in [9.17, 15) is 4.79 Å². The third-order valence-electron chi connectivity index (χ3n) is 1.93. The first-order chi connectivity index (χ1) is 7.25. The van der Waals surface area contributed by atoms with Crippen molar-refractivity contribution in [2.24, 2.45) is 0 Å². The second kappa shape index (κ2) is 4.23. The zero-order valence-electron chi connectivity index (χ0n) is 7.77. The minimum atomic E-state index is -0.390. The standard InChI is InChI=1S/C10H8ClN3O/c11-8-6-13-10(15)14-9(8)4-7-2-1-3-12-5-7/h1-3,5-6H,4H2,(H,13,14,15). The van der Waals surface area contributed by atoms with Gasteiger partial charge in [0.15, 0.2) is 0 Å². The zero-order valence-corrected chi connectivity index (χ0v) is 8.53. The summed E-state index contributed by atoms with van der Waals surface area (Å²) >= 11 is 5.89. The molecule has 0 aliphatic heterocycles. The first kappa shape index (κ1) is 9.86. The molecule has 0 radical (unpaired) electrons. The lowest BCUT2D eigenvalue weighted by atomic mass is 10.1. The number of halogens is 1. The molecule has 0 saturated carbocycles. The molecular weight excluding hydrogens is 214 g/mol. The van der Waals surface area contributed by atoms with Crippen LogP contribution in [0.1, 0.15) is 11.3 Å². The SMILES string of the molecule is O=c1nc(Cc2cccnc2)c(Cl)c[nH]1. The van der Waals surface area contributed by atoms with E-state index in [0.29, 0.717) is 17.1 Å². The van der Waals surface area contributed by atoms with Gasteiger partial charge in [0.05, 0.1) is 10.7 Å². The third-order valence-corrected chi connectivity index (χ3v) is 2.26. The lowest BCUT2D eigenvalue weighted by Gasteiger charge is -2.01. The first-order valence-electron chi connectivity index (χ1n) is 4.39. The van der Waals surface area contributed by atoms with E-state index in [4.69, 9.17) is 11.6 Å². The van der Waals surface area contributed by atoms with Gasteiger partial charge in [-0.05, 0) is 11.6 Å². The number of rotatable bonds is 2. The Morgan fingerprint density at radius 1 is 1.47 bits per heavy atom. The summed E-state index contributed by atoms with van der Waals surface area (Å²) in [5, 5.41) is 0.457. The Morgan fingerprint density at radius 3 is 3.07 bits per heavy atom. The van der Waals surface area contributed by atoms with Gasteiger partial charge in [-0.2, -0.15) is 4.98 Å². The van der Waals surface area contributed by atoms with Gasteiger partial charge in [-0.1, -0.05) is 17.7 Å². The number of hydrogen-bond acceptors (Lipinski definition) is 3. The number of aromatic amines is 1. The summed E-state index contributed by atoms with van der Waals surface area (Å²) in [7, 11) is 0. The van der Waals surface area contributed by atoms with Crippen LogP contribution < -0.4 is 5.69 Å². The first-order valence-corrected chi connectivity index (χ1v) is 4.76. The highest BCUT2D eigenvalue weighted by atomic mass is 35.5. The van der Waals surface area contributed by atoms with E-state index >= 15 is 0 Å². The van der Waals surface area contributed by atoms with Crippen LogP contribution in [0.15, 0.2) is 35.5 Å². The third kappa shape index (κ3) is 2.41. The van der Waals surface area contributed by atoms with Crippen LogP contribution in [0.2, 0.25) is 5.02 Å². The Hall–Kier alpha value is -1.68. The van der Waals surface area contributed by atoms with Crippen molar-refractivity contribution in [2.45, 2.75) is 6.42 Å². The molecule has 0 amide bonds. The van der Waals surface area contributed by atoms with Crippen molar-refractivity contribution in [3.63, 3.8) is 0 Å². The normalized spacial score (nSPS) is 10.2. The van der Waals surface area contributed by atoms with E-state index in [0.717, 1.165) is 5.56 Å². The maximum Gasteiger partial charge on any atom is 0.345 e. The highest BCUT2D eigenvalue weighted by Crippen LogP contribution is 2.13. The molecule has 4 nitrogen and oxygen atoms in total. The van der Waals surface area contributed by atoms with E-state index in [-0.39, 0.29) is 0 Å². The highest BCUT2D eigenvalue weighted by Gasteiger charge is 2.04. The molecule has 15 heavy (non-hydrogen) atoms. The van der Waals surface area contributed by atoms with E-state index in [1.165, 1.54) is 6.20 Å². The van der Waals surface area contributed by atoms with Crippen LogP contribution in [-0.4, -0.2) is 15.0 Å². The lowest BCUT2D eigenvalue weighted by molar-refractivity contribution is 0.972. The van der Waals surface area contributed by atoms with Crippen LogP contribution in [0.5, 0.6) is 0 Å². The van der Waals surface area contributed by atoms with Gasteiger partial charge in [0.2, 0.25) is 0 Å². The van der Waals surface area contributed by atoms with Crippen molar-refractivity contribution in [2.75, 3.05) is 0 Å². The van der Waals surface area contributed by atoms with Crippen molar-refractivity contribution in [1.29, 1.82) is 0 Å². The number of pyridine rings is 1. The Balaban J connectivity index is 2.32. The fraction of sp³-hybridized carbons (Fsp3) is 0.100. The average molecular weight is 222 g/mol. The molecule has 0 fully saturated rings. The Bertz CT molecular complexity index is 510. The predicted molar refractivity (Wildman–Crippen MR) is 56.9 cm³/mol. The van der Waals surface area contributed by atoms with Crippen molar-refractivity contribution >= 4 is 11.6 Å². The minimum absolute atomic E-state index is 0.390. The molecule has 0 aliphatic rings. The number of nitrogens with one attached hydrogen (secondary N) is 1. The van der Waals surface area contributed by atoms with Gasteiger partial charge < -0.3 is 4.98 Å². The summed E-state index contributed by atoms with van der Waals surface area (Å²) in [4.78, 5) is 21.2. The molecule has 0 unspecified atom stereocenters. The van der Waals surface area contributed by atoms with Crippen LogP contribution in [0, 0.1) is 0 Å². The molecule has 2 aromatic heterocycles. The van der Waals surface area contributed by atoms with Gasteiger partial charge in [-0.3, -0.25) is 4.98 Å². The van der Waals surface area contributed by atoms with Crippen molar-refractivity contribution in [3.8, 4) is 0 Å². The number of H-pyrrole nitrogens is 1. The number of hydrogen-bond donors (Lipinski definition) is 1. The van der Waals surface area contributed by atoms with Gasteiger partial charge in [0.1, 0.15) is 0 Å². The summed E-state index contributed by atoms with van der Waals surface area (Å²) in [5.41, 5.74) is 1.14. The smallest absolute Gasteiger partial charge is 0.311 e. The minimum Gasteiger partial charge on any atom is -0.311 e. The lowest BCUT2D eigenvalue weighted by Crippen LogP contribution is -2.12. The zero-order chi connectivity index (χ0) is 10.7. The molecule has 0 aliphatic carbocycles. The molecule has 1 N–H and O–H groups in total. The fourth-order valence-electron chi connectivity index (χ4n) is 1.24. The van der Waals surface area contributed by atoms with Crippen LogP contribution in [0.25, 0.3) is 0 Å². The maximum atomic E-state index is 11.0. The highest BCUT2D eigenvalue weighted by molar-refractivity contribution is 6.31. The fourth-order valence-corrected chi connectivity index (χ4v) is 1.40. The molecule has 0 atom stereocenters. The van der Waals surface area contributed by atoms with Crippen LogP contribution in [-0.2, 0) is 6.42 Å². The van der Waals surface area contributed by atoms with Gasteiger partial charge in [0, 0.05) is 25.0 Å². The molecule has 0 bridgehead atoms.